The van der Waals surface area contributed by atoms with Crippen LogP contribution in [0.4, 0.5) is 0 Å². The zero-order valence-electron chi connectivity index (χ0n) is 14.3. The molecular weight excluding hydrogens is 461 g/mol. The molecule has 11 heteroatoms. The summed E-state index contributed by atoms with van der Waals surface area (Å²) in [5, 5.41) is 18.9. The van der Waals surface area contributed by atoms with Gasteiger partial charge >= 0.3 is 11.9 Å². The van der Waals surface area contributed by atoms with Crippen molar-refractivity contribution in [3.63, 3.8) is 0 Å². The average molecular weight is 472 g/mol. The number of thioether (sulfide) groups is 1. The maximum absolute atomic E-state index is 12.6. The van der Waals surface area contributed by atoms with Crippen molar-refractivity contribution in [3.8, 4) is 11.3 Å². The Morgan fingerprint density at radius 1 is 1.24 bits per heavy atom. The lowest BCUT2D eigenvalue weighted by Gasteiger charge is -2.21. The van der Waals surface area contributed by atoms with Gasteiger partial charge in [-0.05, 0) is 24.3 Å². The van der Waals surface area contributed by atoms with Crippen molar-refractivity contribution in [1.82, 2.24) is 4.90 Å². The van der Waals surface area contributed by atoms with Crippen LogP contribution in [-0.4, -0.2) is 43.3 Å². The second kappa shape index (κ2) is 8.58. The first-order valence-corrected chi connectivity index (χ1v) is 9.93. The number of thiocarbonyl (C=S) groups is 1. The number of furan rings is 1. The molecule has 1 fully saturated rings. The number of carbonyl (C=O) groups is 3. The van der Waals surface area contributed by atoms with Gasteiger partial charge in [0.2, 0.25) is 0 Å². The van der Waals surface area contributed by atoms with Crippen LogP contribution in [0.1, 0.15) is 12.2 Å². The number of halogens is 2. The van der Waals surface area contributed by atoms with Crippen LogP contribution >= 0.6 is 47.2 Å². The molecule has 150 valence electrons. The number of hydrogen-bond donors (Lipinski definition) is 2. The number of nitrogens with zero attached hydrogens (tertiary/aromatic N) is 1. The van der Waals surface area contributed by atoms with Gasteiger partial charge in [-0.2, -0.15) is 0 Å². The molecule has 2 N–H and O–H groups in total. The van der Waals surface area contributed by atoms with Crippen LogP contribution in [0.5, 0.6) is 0 Å². The van der Waals surface area contributed by atoms with E-state index in [1.54, 1.807) is 30.3 Å². The van der Waals surface area contributed by atoms with Gasteiger partial charge in [-0.15, -0.1) is 0 Å². The Labute approximate surface area is 183 Å². The minimum atomic E-state index is -1.59. The Balaban J connectivity index is 1.88. The molecule has 0 radical (unpaired) electrons. The summed E-state index contributed by atoms with van der Waals surface area (Å²) in [7, 11) is 0. The number of aliphatic carboxylic acids is 2. The molecule has 1 aromatic heterocycles. The molecule has 0 spiro atoms. The number of hydrogen-bond acceptors (Lipinski definition) is 6. The Bertz CT molecular complexity index is 1060. The van der Waals surface area contributed by atoms with Crippen LogP contribution in [-0.2, 0) is 14.4 Å². The fourth-order valence-electron chi connectivity index (χ4n) is 2.60. The largest absolute Gasteiger partial charge is 0.481 e. The summed E-state index contributed by atoms with van der Waals surface area (Å²) in [5.74, 6) is -2.78. The third-order valence-electron chi connectivity index (χ3n) is 3.91. The molecule has 3 rings (SSSR count). The molecule has 29 heavy (non-hydrogen) atoms. The van der Waals surface area contributed by atoms with Crippen LogP contribution in [0, 0.1) is 0 Å². The van der Waals surface area contributed by atoms with Crippen LogP contribution in [0.25, 0.3) is 17.4 Å². The summed E-state index contributed by atoms with van der Waals surface area (Å²) in [6.07, 6.45) is 0.633. The third-order valence-corrected chi connectivity index (χ3v) is 6.05. The van der Waals surface area contributed by atoms with Crippen LogP contribution in [0.3, 0.4) is 0 Å². The quantitative estimate of drug-likeness (QED) is 0.471. The number of benzene rings is 1. The number of amides is 1. The lowest BCUT2D eigenvalue weighted by atomic mass is 10.2. The first-order valence-electron chi connectivity index (χ1n) is 7.95. The van der Waals surface area contributed by atoms with Gasteiger partial charge < -0.3 is 14.6 Å². The van der Waals surface area contributed by atoms with Gasteiger partial charge in [0.25, 0.3) is 5.91 Å². The standard InChI is InChI=1S/C18H11Cl2NO6S2/c19-10-3-1-2-9(15(10)20)12-5-4-8(27-12)6-13-16(24)21(18(28)29-13)11(17(25)26)7-14(22)23/h1-6,11H,7H2,(H,22,23)(H,25,26). The van der Waals surface area contributed by atoms with Crippen molar-refractivity contribution in [2.45, 2.75) is 12.5 Å². The molecule has 1 saturated heterocycles. The summed E-state index contributed by atoms with van der Waals surface area (Å²) in [4.78, 5) is 35.9. The van der Waals surface area contributed by atoms with Crippen molar-refractivity contribution < 1.29 is 29.0 Å². The highest BCUT2D eigenvalue weighted by molar-refractivity contribution is 8.26. The first kappa shape index (κ1) is 21.4. The molecule has 1 amide bonds. The Hall–Kier alpha value is -2.33. The molecule has 0 saturated carbocycles. The van der Waals surface area contributed by atoms with E-state index in [1.165, 1.54) is 6.08 Å². The summed E-state index contributed by atoms with van der Waals surface area (Å²) in [6, 6.07) is 6.73. The number of rotatable bonds is 6. The maximum atomic E-state index is 12.6. The van der Waals surface area contributed by atoms with E-state index in [2.05, 4.69) is 0 Å². The van der Waals surface area contributed by atoms with Crippen molar-refractivity contribution >= 4 is 75.4 Å². The summed E-state index contributed by atoms with van der Waals surface area (Å²) in [5.41, 5.74) is 0.568. The molecular formula is C18H11Cl2NO6S2. The normalized spacial score (nSPS) is 16.5. The molecule has 1 unspecified atom stereocenters. The highest BCUT2D eigenvalue weighted by Crippen LogP contribution is 2.37. The van der Waals surface area contributed by atoms with E-state index in [0.29, 0.717) is 27.1 Å². The zero-order valence-corrected chi connectivity index (χ0v) is 17.4. The van der Waals surface area contributed by atoms with Crippen molar-refractivity contribution in [2.24, 2.45) is 0 Å². The minimum absolute atomic E-state index is 0.0421. The predicted octanol–water partition coefficient (Wildman–Crippen LogP) is 4.38. The third kappa shape index (κ3) is 4.48. The SMILES string of the molecule is O=C(O)CC(C(=O)O)N1C(=O)C(=Cc2ccc(-c3cccc(Cl)c3Cl)o2)SC1=S. The van der Waals surface area contributed by atoms with Crippen molar-refractivity contribution in [2.75, 3.05) is 0 Å². The van der Waals surface area contributed by atoms with Crippen molar-refractivity contribution in [3.05, 3.63) is 51.0 Å². The van der Waals surface area contributed by atoms with Crippen LogP contribution in [0.2, 0.25) is 10.0 Å². The van der Waals surface area contributed by atoms with E-state index in [-0.39, 0.29) is 9.23 Å². The number of carbonyl (C=O) groups excluding carboxylic acids is 1. The number of carboxylic acid groups (broad SMARTS) is 2. The molecule has 1 aliphatic rings. The highest BCUT2D eigenvalue weighted by atomic mass is 35.5. The van der Waals surface area contributed by atoms with E-state index in [0.717, 1.165) is 16.7 Å². The smallest absolute Gasteiger partial charge is 0.327 e. The zero-order chi connectivity index (χ0) is 21.3. The van der Waals surface area contributed by atoms with Crippen LogP contribution in [0.15, 0.2) is 39.7 Å². The molecule has 7 nitrogen and oxygen atoms in total. The minimum Gasteiger partial charge on any atom is -0.481 e. The lowest BCUT2D eigenvalue weighted by molar-refractivity contribution is -0.150. The van der Waals surface area contributed by atoms with Gasteiger partial charge in [0, 0.05) is 11.6 Å². The summed E-state index contributed by atoms with van der Waals surface area (Å²) < 4.78 is 5.66. The molecule has 2 heterocycles. The average Bonchev–Trinajstić information content (AvgIpc) is 3.20. The summed E-state index contributed by atoms with van der Waals surface area (Å²) in [6.45, 7) is 0. The second-order valence-corrected chi connectivity index (χ2v) is 8.27. The highest BCUT2D eigenvalue weighted by Gasteiger charge is 2.41. The molecule has 2 aromatic rings. The fourth-order valence-corrected chi connectivity index (χ4v) is 4.33. The topological polar surface area (TPSA) is 108 Å². The Kier molecular flexibility index (Phi) is 6.33. The van der Waals surface area contributed by atoms with Gasteiger partial charge in [-0.3, -0.25) is 14.5 Å². The fraction of sp³-hybridized carbons (Fsp3) is 0.111. The molecule has 1 atom stereocenters. The van der Waals surface area contributed by atoms with Gasteiger partial charge in [0.05, 0.1) is 21.4 Å². The Morgan fingerprint density at radius 2 is 1.97 bits per heavy atom. The van der Waals surface area contributed by atoms with Crippen LogP contribution < -0.4 is 0 Å². The number of carboxylic acids is 2. The van der Waals surface area contributed by atoms with E-state index in [4.69, 9.17) is 44.9 Å². The van der Waals surface area contributed by atoms with E-state index < -0.39 is 30.3 Å². The lowest BCUT2D eigenvalue weighted by Crippen LogP contribution is -2.45. The maximum Gasteiger partial charge on any atom is 0.327 e. The predicted molar refractivity (Wildman–Crippen MR) is 113 cm³/mol. The van der Waals surface area contributed by atoms with Gasteiger partial charge in [-0.1, -0.05) is 53.2 Å². The molecule has 0 bridgehead atoms. The molecule has 1 aromatic carbocycles. The second-order valence-electron chi connectivity index (χ2n) is 5.81. The van der Waals surface area contributed by atoms with Crippen molar-refractivity contribution in [1.29, 1.82) is 0 Å². The Morgan fingerprint density at radius 3 is 2.62 bits per heavy atom. The van der Waals surface area contributed by atoms with E-state index in [1.807, 2.05) is 0 Å². The molecule has 0 aliphatic carbocycles. The van der Waals surface area contributed by atoms with E-state index in [9.17, 15) is 19.5 Å². The molecule has 1 aliphatic heterocycles. The van der Waals surface area contributed by atoms with Gasteiger partial charge in [0.15, 0.2) is 0 Å². The summed E-state index contributed by atoms with van der Waals surface area (Å²) >= 11 is 18.1. The monoisotopic (exact) mass is 471 g/mol. The van der Waals surface area contributed by atoms with Gasteiger partial charge in [-0.25, -0.2) is 4.79 Å². The van der Waals surface area contributed by atoms with Gasteiger partial charge in [0.1, 0.15) is 21.9 Å². The van der Waals surface area contributed by atoms with E-state index >= 15 is 0 Å². The first-order chi connectivity index (χ1) is 13.7.